The molecule has 23 heavy (non-hydrogen) atoms. The predicted octanol–water partition coefficient (Wildman–Crippen LogP) is 2.99. The lowest BCUT2D eigenvalue weighted by Crippen LogP contribution is -2.17. The Kier molecular flexibility index (Phi) is 12.3. The smallest absolute Gasteiger partial charge is 0.409 e. The first-order chi connectivity index (χ1) is 11.0. The maximum atomic E-state index is 11.9. The van der Waals surface area contributed by atoms with Gasteiger partial charge in [0.05, 0.1) is 12.1 Å². The number of unbranched alkanes of at least 4 members (excludes halogenated alkanes) is 5. The van der Waals surface area contributed by atoms with Crippen LogP contribution in [-0.4, -0.2) is 31.3 Å². The summed E-state index contributed by atoms with van der Waals surface area (Å²) in [5.41, 5.74) is 5.24. The number of amides is 1. The molecule has 0 spiro atoms. The number of allylic oxidation sites excluding steroid dienone is 1. The Morgan fingerprint density at radius 1 is 1.13 bits per heavy atom. The van der Waals surface area contributed by atoms with E-state index in [-0.39, 0.29) is 24.5 Å². The molecule has 1 amide bonds. The summed E-state index contributed by atoms with van der Waals surface area (Å²) in [6, 6.07) is 0. The normalized spacial score (nSPS) is 11.2. The average molecular weight is 326 g/mol. The van der Waals surface area contributed by atoms with Crippen LogP contribution < -0.4 is 5.73 Å². The molecule has 7 heteroatoms. The molecule has 0 aliphatic carbocycles. The molecule has 0 fully saturated rings. The first-order valence-corrected chi connectivity index (χ1v) is 7.90. The van der Waals surface area contributed by atoms with Crippen LogP contribution in [0.3, 0.4) is 0 Å². The van der Waals surface area contributed by atoms with Crippen LogP contribution in [0.1, 0.15) is 58.8 Å². The van der Waals surface area contributed by atoms with Crippen molar-refractivity contribution in [2.24, 2.45) is 10.7 Å². The molecule has 0 aromatic rings. The third-order valence-corrected chi connectivity index (χ3v) is 3.21. The Bertz CT molecular complexity index is 453. The number of hydrogen-bond donors (Lipinski definition) is 1. The van der Waals surface area contributed by atoms with Crippen molar-refractivity contribution in [1.29, 1.82) is 0 Å². The predicted molar refractivity (Wildman–Crippen MR) is 85.3 cm³/mol. The van der Waals surface area contributed by atoms with E-state index < -0.39 is 12.1 Å². The van der Waals surface area contributed by atoms with Gasteiger partial charge >= 0.3 is 12.1 Å². The number of carbonyl (C=O) groups is 2. The summed E-state index contributed by atoms with van der Waals surface area (Å²) in [6.07, 6.45) is 7.28. The Morgan fingerprint density at radius 3 is 2.39 bits per heavy atom. The molecule has 2 N–H and O–H groups in total. The number of aliphatic imine (C=N–C) groups is 1. The van der Waals surface area contributed by atoms with Crippen LogP contribution in [0.2, 0.25) is 0 Å². The largest absolute Gasteiger partial charge is 0.460 e. The van der Waals surface area contributed by atoms with E-state index in [1.165, 1.54) is 32.3 Å². The average Bonchev–Trinajstić information content (AvgIpc) is 2.52. The molecule has 130 valence electrons. The van der Waals surface area contributed by atoms with E-state index in [1.807, 2.05) is 0 Å². The fraction of sp³-hybridized carbons (Fsp3) is 0.688. The molecule has 0 aliphatic heterocycles. The highest BCUT2D eigenvalue weighted by atomic mass is 16.6. The van der Waals surface area contributed by atoms with Gasteiger partial charge in [-0.3, -0.25) is 0 Å². The summed E-state index contributed by atoms with van der Waals surface area (Å²) in [5.74, 6) is -0.384. The summed E-state index contributed by atoms with van der Waals surface area (Å²) in [5, 5.41) is 0. The Hall–Kier alpha value is -2.14. The van der Waals surface area contributed by atoms with E-state index in [9.17, 15) is 14.4 Å². The number of primary amides is 1. The summed E-state index contributed by atoms with van der Waals surface area (Å²) >= 11 is 0. The molecule has 0 aromatic carbocycles. The van der Waals surface area contributed by atoms with E-state index in [4.69, 9.17) is 15.2 Å². The Morgan fingerprint density at radius 2 is 1.78 bits per heavy atom. The lowest BCUT2D eigenvalue weighted by molar-refractivity contribution is -0.138. The van der Waals surface area contributed by atoms with E-state index in [2.05, 4.69) is 11.9 Å². The number of rotatable bonds is 12. The fourth-order valence-electron chi connectivity index (χ4n) is 1.95. The second-order valence-corrected chi connectivity index (χ2v) is 5.10. The third kappa shape index (κ3) is 11.1. The second kappa shape index (κ2) is 13.5. The van der Waals surface area contributed by atoms with Crippen LogP contribution >= 0.6 is 0 Å². The van der Waals surface area contributed by atoms with Crippen LogP contribution in [0.4, 0.5) is 4.79 Å². The molecule has 0 aliphatic rings. The second-order valence-electron chi connectivity index (χ2n) is 5.10. The SMILES string of the molecule is CCCCCCCCC(OC(N)=O)=C(C)C(=O)OCCN=C=O. The van der Waals surface area contributed by atoms with Crippen LogP contribution in [-0.2, 0) is 19.1 Å². The van der Waals surface area contributed by atoms with Crippen LogP contribution in [0.15, 0.2) is 16.3 Å². The van der Waals surface area contributed by atoms with Gasteiger partial charge in [-0.1, -0.05) is 39.0 Å². The molecule has 0 aromatic heterocycles. The molecule has 0 bridgehead atoms. The lowest BCUT2D eigenvalue weighted by Gasteiger charge is -2.11. The Labute approximate surface area is 136 Å². The van der Waals surface area contributed by atoms with Crippen LogP contribution in [0.5, 0.6) is 0 Å². The van der Waals surface area contributed by atoms with Crippen molar-refractivity contribution in [3.8, 4) is 0 Å². The van der Waals surface area contributed by atoms with Gasteiger partial charge in [-0.25, -0.2) is 19.4 Å². The van der Waals surface area contributed by atoms with Gasteiger partial charge in [0.1, 0.15) is 12.4 Å². The highest BCUT2D eigenvalue weighted by molar-refractivity contribution is 5.88. The quantitative estimate of drug-likeness (QED) is 0.148. The zero-order chi connectivity index (χ0) is 17.5. The van der Waals surface area contributed by atoms with Crippen molar-refractivity contribution in [2.75, 3.05) is 13.2 Å². The van der Waals surface area contributed by atoms with E-state index in [0.717, 1.165) is 19.3 Å². The minimum atomic E-state index is -0.955. The minimum Gasteiger partial charge on any atom is -0.460 e. The van der Waals surface area contributed by atoms with Gasteiger partial charge in [-0.15, -0.1) is 0 Å². The van der Waals surface area contributed by atoms with Gasteiger partial charge in [0.15, 0.2) is 0 Å². The van der Waals surface area contributed by atoms with Crippen LogP contribution in [0, 0.1) is 0 Å². The van der Waals surface area contributed by atoms with E-state index in [1.54, 1.807) is 0 Å². The fourth-order valence-corrected chi connectivity index (χ4v) is 1.95. The maximum Gasteiger partial charge on any atom is 0.409 e. The maximum absolute atomic E-state index is 11.9. The summed E-state index contributed by atoms with van der Waals surface area (Å²) in [6.45, 7) is 3.68. The standard InChI is InChI=1S/C16H26N2O5/c1-3-4-5-6-7-8-9-14(23-16(17)21)13(2)15(20)22-11-10-18-12-19/h3-11H2,1-2H3,(H2,17,21). The highest BCUT2D eigenvalue weighted by Crippen LogP contribution is 2.17. The molecule has 0 rings (SSSR count). The number of isocyanates is 1. The number of nitrogens with zero attached hydrogens (tertiary/aromatic N) is 1. The molecule has 0 saturated heterocycles. The number of hydrogen-bond acceptors (Lipinski definition) is 6. The molecular weight excluding hydrogens is 300 g/mol. The number of carbonyl (C=O) groups excluding carboxylic acids is 3. The van der Waals surface area contributed by atoms with E-state index >= 15 is 0 Å². The highest BCUT2D eigenvalue weighted by Gasteiger charge is 2.15. The summed E-state index contributed by atoms with van der Waals surface area (Å²) in [4.78, 5) is 36.0. The van der Waals surface area contributed by atoms with Gasteiger partial charge in [0, 0.05) is 6.42 Å². The summed E-state index contributed by atoms with van der Waals surface area (Å²) < 4.78 is 9.85. The topological polar surface area (TPSA) is 108 Å². The third-order valence-electron chi connectivity index (χ3n) is 3.21. The zero-order valence-electron chi connectivity index (χ0n) is 13.9. The van der Waals surface area contributed by atoms with Crippen LogP contribution in [0.25, 0.3) is 0 Å². The van der Waals surface area contributed by atoms with Crippen molar-refractivity contribution < 1.29 is 23.9 Å². The van der Waals surface area contributed by atoms with Crippen molar-refractivity contribution in [1.82, 2.24) is 0 Å². The molecule has 7 nitrogen and oxygen atoms in total. The van der Waals surface area contributed by atoms with Crippen molar-refractivity contribution in [2.45, 2.75) is 58.8 Å². The monoisotopic (exact) mass is 326 g/mol. The van der Waals surface area contributed by atoms with Gasteiger partial charge in [-0.2, -0.15) is 0 Å². The lowest BCUT2D eigenvalue weighted by atomic mass is 10.1. The van der Waals surface area contributed by atoms with Gasteiger partial charge in [0.25, 0.3) is 0 Å². The summed E-state index contributed by atoms with van der Waals surface area (Å²) in [7, 11) is 0. The molecule has 0 heterocycles. The molecule has 0 unspecified atom stereocenters. The number of nitrogens with two attached hydrogens (primary N) is 1. The molecule has 0 radical (unpaired) electrons. The zero-order valence-corrected chi connectivity index (χ0v) is 13.9. The first kappa shape index (κ1) is 20.9. The van der Waals surface area contributed by atoms with Crippen molar-refractivity contribution >= 4 is 18.1 Å². The van der Waals surface area contributed by atoms with Gasteiger partial charge in [-0.05, 0) is 13.3 Å². The van der Waals surface area contributed by atoms with Crippen molar-refractivity contribution in [3.05, 3.63) is 11.3 Å². The minimum absolute atomic E-state index is 0.0354. The molecular formula is C16H26N2O5. The molecule has 0 atom stereocenters. The van der Waals surface area contributed by atoms with Crippen molar-refractivity contribution in [3.63, 3.8) is 0 Å². The molecule has 0 saturated carbocycles. The van der Waals surface area contributed by atoms with Gasteiger partial charge < -0.3 is 15.2 Å². The van der Waals surface area contributed by atoms with Gasteiger partial charge in [0.2, 0.25) is 6.08 Å². The number of ether oxygens (including phenoxy) is 2. The van der Waals surface area contributed by atoms with E-state index in [0.29, 0.717) is 6.42 Å². The first-order valence-electron chi connectivity index (χ1n) is 7.90. The number of esters is 1. The Balaban J connectivity index is 4.48.